The molecule has 0 bridgehead atoms. The van der Waals surface area contributed by atoms with Gasteiger partial charge in [0.25, 0.3) is 0 Å². The summed E-state index contributed by atoms with van der Waals surface area (Å²) in [5.74, 6) is 0.449. The van der Waals surface area contributed by atoms with E-state index < -0.39 is 0 Å². The Morgan fingerprint density at radius 2 is 2.27 bits per heavy atom. The first kappa shape index (κ1) is 9.42. The predicted molar refractivity (Wildman–Crippen MR) is 52.3 cm³/mol. The number of carbonyl (C=O) groups is 1. The van der Waals surface area contributed by atoms with Gasteiger partial charge in [-0.1, -0.05) is 0 Å². The second-order valence-electron chi connectivity index (χ2n) is 4.52. The van der Waals surface area contributed by atoms with Crippen LogP contribution in [0.15, 0.2) is 0 Å². The van der Waals surface area contributed by atoms with Gasteiger partial charge in [0.15, 0.2) is 0 Å². The summed E-state index contributed by atoms with van der Waals surface area (Å²) in [5.41, 5.74) is 6.07. The molecule has 5 heteroatoms. The maximum absolute atomic E-state index is 11.6. The molecule has 2 saturated heterocycles. The lowest BCUT2D eigenvalue weighted by Gasteiger charge is -2.51. The van der Waals surface area contributed by atoms with E-state index >= 15 is 0 Å². The molecule has 15 heavy (non-hydrogen) atoms. The van der Waals surface area contributed by atoms with E-state index in [0.717, 1.165) is 26.0 Å². The number of cyclic esters (lactones) is 1. The molecular formula is C10H16N2O3. The van der Waals surface area contributed by atoms with Crippen molar-refractivity contribution in [3.05, 3.63) is 0 Å². The normalized spacial score (nSPS) is 44.6. The van der Waals surface area contributed by atoms with Crippen LogP contribution in [-0.2, 0) is 9.47 Å². The zero-order valence-corrected chi connectivity index (χ0v) is 8.59. The summed E-state index contributed by atoms with van der Waals surface area (Å²) in [4.78, 5) is 13.3. The number of nitrogens with two attached hydrogens (primary N) is 1. The van der Waals surface area contributed by atoms with Gasteiger partial charge >= 0.3 is 6.09 Å². The molecule has 1 amide bonds. The highest BCUT2D eigenvalue weighted by molar-refractivity contribution is 5.69. The molecule has 2 heterocycles. The number of ether oxygens (including phenoxy) is 2. The summed E-state index contributed by atoms with van der Waals surface area (Å²) in [7, 11) is 0. The van der Waals surface area contributed by atoms with Crippen molar-refractivity contribution in [1.82, 2.24) is 4.90 Å². The molecule has 0 radical (unpaired) electrons. The van der Waals surface area contributed by atoms with E-state index in [4.69, 9.17) is 15.2 Å². The molecule has 4 atom stereocenters. The third-order valence-corrected chi connectivity index (χ3v) is 3.77. The summed E-state index contributed by atoms with van der Waals surface area (Å²) in [5, 5.41) is 0. The minimum absolute atomic E-state index is 0.0466. The van der Waals surface area contributed by atoms with Crippen molar-refractivity contribution in [1.29, 1.82) is 0 Å². The summed E-state index contributed by atoms with van der Waals surface area (Å²) in [6.07, 6.45) is 1.86. The Labute approximate surface area is 88.5 Å². The van der Waals surface area contributed by atoms with E-state index in [1.807, 2.05) is 0 Å². The molecule has 1 saturated carbocycles. The highest BCUT2D eigenvalue weighted by atomic mass is 16.6. The number of carbonyl (C=O) groups excluding carboxylic acids is 1. The highest BCUT2D eigenvalue weighted by Crippen LogP contribution is 2.41. The van der Waals surface area contributed by atoms with Crippen LogP contribution in [0.2, 0.25) is 0 Å². The van der Waals surface area contributed by atoms with Gasteiger partial charge in [-0.25, -0.2) is 4.79 Å². The fraction of sp³-hybridized carbons (Fsp3) is 0.900. The molecule has 3 aliphatic rings. The molecule has 2 aliphatic heterocycles. The van der Waals surface area contributed by atoms with Crippen LogP contribution in [0.25, 0.3) is 0 Å². The molecule has 1 aliphatic carbocycles. The fourth-order valence-corrected chi connectivity index (χ4v) is 2.94. The van der Waals surface area contributed by atoms with Crippen LogP contribution >= 0.6 is 0 Å². The van der Waals surface area contributed by atoms with Crippen molar-refractivity contribution in [2.24, 2.45) is 11.7 Å². The molecule has 0 aromatic carbocycles. The lowest BCUT2D eigenvalue weighted by molar-refractivity contribution is -0.0774. The third-order valence-electron chi connectivity index (χ3n) is 3.77. The number of nitrogens with zero attached hydrogens (tertiary/aromatic N) is 1. The Hall–Kier alpha value is -0.810. The lowest BCUT2D eigenvalue weighted by atomic mass is 9.71. The van der Waals surface area contributed by atoms with E-state index in [0.29, 0.717) is 12.5 Å². The Balaban J connectivity index is 1.73. The lowest BCUT2D eigenvalue weighted by Crippen LogP contribution is -2.70. The highest BCUT2D eigenvalue weighted by Gasteiger charge is 2.56. The topological polar surface area (TPSA) is 64.8 Å². The van der Waals surface area contributed by atoms with Crippen LogP contribution in [0, 0.1) is 5.92 Å². The largest absolute Gasteiger partial charge is 0.449 e. The molecule has 0 aromatic heterocycles. The van der Waals surface area contributed by atoms with Gasteiger partial charge in [-0.15, -0.1) is 0 Å². The second kappa shape index (κ2) is 3.35. The molecule has 84 valence electrons. The quantitative estimate of drug-likeness (QED) is 0.661. The van der Waals surface area contributed by atoms with Crippen molar-refractivity contribution in [3.8, 4) is 0 Å². The van der Waals surface area contributed by atoms with E-state index in [-0.39, 0.29) is 24.3 Å². The van der Waals surface area contributed by atoms with E-state index in [9.17, 15) is 4.79 Å². The third kappa shape index (κ3) is 1.26. The van der Waals surface area contributed by atoms with Crippen LogP contribution < -0.4 is 5.73 Å². The van der Waals surface area contributed by atoms with Crippen molar-refractivity contribution < 1.29 is 14.3 Å². The number of fused-ring (bicyclic) bond motifs is 1. The molecule has 2 N–H and O–H groups in total. The van der Waals surface area contributed by atoms with Gasteiger partial charge in [0.2, 0.25) is 0 Å². The molecule has 5 nitrogen and oxygen atoms in total. The number of hydrogen-bond donors (Lipinski definition) is 1. The Morgan fingerprint density at radius 1 is 1.40 bits per heavy atom. The zero-order valence-electron chi connectivity index (χ0n) is 8.59. The van der Waals surface area contributed by atoms with E-state index in [1.165, 1.54) is 0 Å². The molecule has 0 aromatic rings. The van der Waals surface area contributed by atoms with Crippen LogP contribution in [0.3, 0.4) is 0 Å². The average molecular weight is 212 g/mol. The summed E-state index contributed by atoms with van der Waals surface area (Å²) < 4.78 is 10.6. The van der Waals surface area contributed by atoms with Crippen LogP contribution in [0.5, 0.6) is 0 Å². The molecule has 4 unspecified atom stereocenters. The predicted octanol–water partition coefficient (Wildman–Crippen LogP) is -0.0567. The van der Waals surface area contributed by atoms with E-state index in [2.05, 4.69) is 0 Å². The van der Waals surface area contributed by atoms with Gasteiger partial charge in [0, 0.05) is 25.1 Å². The first-order valence-corrected chi connectivity index (χ1v) is 5.59. The number of rotatable bonds is 1. The van der Waals surface area contributed by atoms with Gasteiger partial charge in [-0.2, -0.15) is 0 Å². The molecule has 0 spiro atoms. The molecule has 3 rings (SSSR count). The second-order valence-corrected chi connectivity index (χ2v) is 4.52. The standard InChI is InChI=1S/C10H16N2O3/c11-7-6-2-5-14-9(6)8(7)12-3-1-4-15-10(12)13/h6-9H,1-5,11H2. The summed E-state index contributed by atoms with van der Waals surface area (Å²) in [6.45, 7) is 2.07. The van der Waals surface area contributed by atoms with Gasteiger partial charge in [0.1, 0.15) is 0 Å². The van der Waals surface area contributed by atoms with Gasteiger partial charge in [-0.05, 0) is 12.8 Å². The minimum Gasteiger partial charge on any atom is -0.449 e. The Morgan fingerprint density at radius 3 is 3.07 bits per heavy atom. The van der Waals surface area contributed by atoms with Crippen molar-refractivity contribution >= 4 is 6.09 Å². The molecule has 3 fully saturated rings. The van der Waals surface area contributed by atoms with E-state index in [1.54, 1.807) is 4.90 Å². The van der Waals surface area contributed by atoms with Crippen LogP contribution in [0.1, 0.15) is 12.8 Å². The number of amides is 1. The van der Waals surface area contributed by atoms with Crippen LogP contribution in [0.4, 0.5) is 4.79 Å². The average Bonchev–Trinajstić information content (AvgIpc) is 2.65. The van der Waals surface area contributed by atoms with Gasteiger partial charge < -0.3 is 20.1 Å². The molecular weight excluding hydrogens is 196 g/mol. The Bertz CT molecular complexity index is 284. The van der Waals surface area contributed by atoms with Gasteiger partial charge in [-0.3, -0.25) is 0 Å². The summed E-state index contributed by atoms with van der Waals surface area (Å²) >= 11 is 0. The maximum atomic E-state index is 11.6. The summed E-state index contributed by atoms with van der Waals surface area (Å²) in [6, 6.07) is 0.119. The minimum atomic E-state index is -0.226. The smallest absolute Gasteiger partial charge is 0.410 e. The first-order chi connectivity index (χ1) is 7.29. The SMILES string of the molecule is NC1C2CCOC2C1N1CCCOC1=O. The monoisotopic (exact) mass is 212 g/mol. The van der Waals surface area contributed by atoms with Crippen molar-refractivity contribution in [3.63, 3.8) is 0 Å². The first-order valence-electron chi connectivity index (χ1n) is 5.59. The van der Waals surface area contributed by atoms with Crippen molar-refractivity contribution in [2.45, 2.75) is 31.0 Å². The zero-order chi connectivity index (χ0) is 10.4. The fourth-order valence-electron chi connectivity index (χ4n) is 2.94. The van der Waals surface area contributed by atoms with Crippen molar-refractivity contribution in [2.75, 3.05) is 19.8 Å². The van der Waals surface area contributed by atoms with Crippen LogP contribution in [-0.4, -0.2) is 48.9 Å². The number of hydrogen-bond acceptors (Lipinski definition) is 4. The van der Waals surface area contributed by atoms with Gasteiger partial charge in [0.05, 0.1) is 18.8 Å². The Kier molecular flexibility index (Phi) is 2.10. The maximum Gasteiger partial charge on any atom is 0.410 e.